The molecule has 5 nitrogen and oxygen atoms in total. The van der Waals surface area contributed by atoms with Gasteiger partial charge in [0.25, 0.3) is 0 Å². The highest BCUT2D eigenvalue weighted by atomic mass is 16.5. The van der Waals surface area contributed by atoms with Crippen molar-refractivity contribution in [3.63, 3.8) is 0 Å². The molecule has 2 atom stereocenters. The molecular formula is C12H22N2O3. The molecule has 0 aliphatic carbocycles. The van der Waals surface area contributed by atoms with Gasteiger partial charge in [-0.1, -0.05) is 0 Å². The molecule has 0 aromatic rings. The summed E-state index contributed by atoms with van der Waals surface area (Å²) in [5.41, 5.74) is 0. The molecule has 2 rings (SSSR count). The molecule has 17 heavy (non-hydrogen) atoms. The van der Waals surface area contributed by atoms with Crippen molar-refractivity contribution in [1.29, 1.82) is 0 Å². The minimum atomic E-state index is 0.109. The van der Waals surface area contributed by atoms with E-state index in [9.17, 15) is 4.79 Å². The predicted octanol–water partition coefficient (Wildman–Crippen LogP) is -0.140. The standard InChI is InChI=1S/C12H22N2O3/c1-16-5-6-17-9-12(15)14-7-10-3-2-4-13-11(10)8-14/h10-11,13H,2-9H2,1H3/t10-,11+/m0/s1. The van der Waals surface area contributed by atoms with E-state index in [0.717, 1.165) is 19.6 Å². The molecule has 1 amide bonds. The third-order valence-corrected chi connectivity index (χ3v) is 3.61. The van der Waals surface area contributed by atoms with Gasteiger partial charge in [0.2, 0.25) is 5.91 Å². The third kappa shape index (κ3) is 3.40. The van der Waals surface area contributed by atoms with E-state index < -0.39 is 0 Å². The van der Waals surface area contributed by atoms with Crippen LogP contribution in [0.2, 0.25) is 0 Å². The molecule has 0 saturated carbocycles. The predicted molar refractivity (Wildman–Crippen MR) is 63.8 cm³/mol. The van der Waals surface area contributed by atoms with Crippen molar-refractivity contribution in [1.82, 2.24) is 10.2 Å². The summed E-state index contributed by atoms with van der Waals surface area (Å²) in [5, 5.41) is 3.49. The maximum absolute atomic E-state index is 11.9. The van der Waals surface area contributed by atoms with Crippen LogP contribution in [0.15, 0.2) is 0 Å². The zero-order valence-electron chi connectivity index (χ0n) is 10.5. The van der Waals surface area contributed by atoms with Crippen molar-refractivity contribution in [3.05, 3.63) is 0 Å². The van der Waals surface area contributed by atoms with Crippen molar-refractivity contribution in [2.75, 3.05) is 46.6 Å². The topological polar surface area (TPSA) is 50.8 Å². The van der Waals surface area contributed by atoms with Crippen LogP contribution in [-0.2, 0) is 14.3 Å². The Hall–Kier alpha value is -0.650. The number of amides is 1. The monoisotopic (exact) mass is 242 g/mol. The van der Waals surface area contributed by atoms with Gasteiger partial charge in [-0.25, -0.2) is 0 Å². The van der Waals surface area contributed by atoms with E-state index >= 15 is 0 Å². The second-order valence-electron chi connectivity index (χ2n) is 4.81. The number of piperidine rings is 1. The molecule has 0 aromatic carbocycles. The molecule has 0 unspecified atom stereocenters. The summed E-state index contributed by atoms with van der Waals surface area (Å²) < 4.78 is 10.1. The van der Waals surface area contributed by atoms with Crippen LogP contribution in [0.5, 0.6) is 0 Å². The highest BCUT2D eigenvalue weighted by Crippen LogP contribution is 2.24. The number of carbonyl (C=O) groups excluding carboxylic acids is 1. The Morgan fingerprint density at radius 3 is 3.06 bits per heavy atom. The fourth-order valence-corrected chi connectivity index (χ4v) is 2.64. The molecule has 98 valence electrons. The van der Waals surface area contributed by atoms with Crippen molar-refractivity contribution in [2.24, 2.45) is 5.92 Å². The van der Waals surface area contributed by atoms with E-state index in [4.69, 9.17) is 9.47 Å². The van der Waals surface area contributed by atoms with E-state index in [-0.39, 0.29) is 12.5 Å². The molecule has 5 heteroatoms. The summed E-state index contributed by atoms with van der Waals surface area (Å²) in [6.45, 7) is 4.04. The molecule has 0 aromatic heterocycles. The fourth-order valence-electron chi connectivity index (χ4n) is 2.64. The minimum Gasteiger partial charge on any atom is -0.382 e. The summed E-state index contributed by atoms with van der Waals surface area (Å²) in [5.74, 6) is 0.754. The molecular weight excluding hydrogens is 220 g/mol. The van der Waals surface area contributed by atoms with Crippen molar-refractivity contribution < 1.29 is 14.3 Å². The third-order valence-electron chi connectivity index (χ3n) is 3.61. The van der Waals surface area contributed by atoms with Gasteiger partial charge in [0, 0.05) is 26.2 Å². The van der Waals surface area contributed by atoms with E-state index in [0.29, 0.717) is 25.2 Å². The number of likely N-dealkylation sites (tertiary alicyclic amines) is 1. The Morgan fingerprint density at radius 2 is 2.29 bits per heavy atom. The molecule has 2 aliphatic rings. The number of hydrogen-bond donors (Lipinski definition) is 1. The van der Waals surface area contributed by atoms with Gasteiger partial charge in [-0.2, -0.15) is 0 Å². The normalized spacial score (nSPS) is 28.2. The van der Waals surface area contributed by atoms with Crippen LogP contribution < -0.4 is 5.32 Å². The Labute approximate surface area is 102 Å². The SMILES string of the molecule is COCCOCC(=O)N1C[C@@H]2CCCN[C@@H]2C1. The highest BCUT2D eigenvalue weighted by Gasteiger charge is 2.36. The average Bonchev–Trinajstić information content (AvgIpc) is 2.78. The van der Waals surface area contributed by atoms with Gasteiger partial charge in [0.1, 0.15) is 6.61 Å². The van der Waals surface area contributed by atoms with Gasteiger partial charge in [-0.15, -0.1) is 0 Å². The zero-order chi connectivity index (χ0) is 12.1. The first-order valence-corrected chi connectivity index (χ1v) is 6.39. The van der Waals surface area contributed by atoms with Gasteiger partial charge in [0.15, 0.2) is 0 Å². The number of nitrogens with one attached hydrogen (secondary N) is 1. The van der Waals surface area contributed by atoms with Gasteiger partial charge in [-0.05, 0) is 25.3 Å². The number of carbonyl (C=O) groups is 1. The zero-order valence-corrected chi connectivity index (χ0v) is 10.5. The average molecular weight is 242 g/mol. The van der Waals surface area contributed by atoms with Gasteiger partial charge < -0.3 is 19.7 Å². The number of methoxy groups -OCH3 is 1. The summed E-state index contributed by atoms with van der Waals surface area (Å²) in [6.07, 6.45) is 2.47. The molecule has 2 aliphatic heterocycles. The number of ether oxygens (including phenoxy) is 2. The smallest absolute Gasteiger partial charge is 0.248 e. The van der Waals surface area contributed by atoms with Gasteiger partial charge in [0.05, 0.1) is 13.2 Å². The maximum Gasteiger partial charge on any atom is 0.248 e. The second kappa shape index (κ2) is 6.33. The first-order chi connectivity index (χ1) is 8.31. The van der Waals surface area contributed by atoms with E-state index in [1.165, 1.54) is 12.8 Å². The van der Waals surface area contributed by atoms with E-state index in [1.807, 2.05) is 4.90 Å². The Kier molecular flexibility index (Phi) is 4.76. The number of hydrogen-bond acceptors (Lipinski definition) is 4. The van der Waals surface area contributed by atoms with Crippen LogP contribution in [0.25, 0.3) is 0 Å². The molecule has 2 saturated heterocycles. The lowest BCUT2D eigenvalue weighted by molar-refractivity contribution is -0.135. The first-order valence-electron chi connectivity index (χ1n) is 6.39. The Balaban J connectivity index is 1.70. The summed E-state index contributed by atoms with van der Waals surface area (Å²) in [6, 6.07) is 0.506. The minimum absolute atomic E-state index is 0.109. The Morgan fingerprint density at radius 1 is 1.41 bits per heavy atom. The quantitative estimate of drug-likeness (QED) is 0.682. The van der Waals surface area contributed by atoms with Gasteiger partial charge >= 0.3 is 0 Å². The molecule has 2 fully saturated rings. The van der Waals surface area contributed by atoms with Crippen LogP contribution in [-0.4, -0.2) is 63.4 Å². The lowest BCUT2D eigenvalue weighted by atomic mass is 9.94. The van der Waals surface area contributed by atoms with Gasteiger partial charge in [-0.3, -0.25) is 4.79 Å². The van der Waals surface area contributed by atoms with Crippen LogP contribution in [0, 0.1) is 5.92 Å². The molecule has 1 N–H and O–H groups in total. The summed E-state index contributed by atoms with van der Waals surface area (Å²) in [4.78, 5) is 13.8. The van der Waals surface area contributed by atoms with Crippen LogP contribution in [0.4, 0.5) is 0 Å². The van der Waals surface area contributed by atoms with E-state index in [2.05, 4.69) is 5.32 Å². The lowest BCUT2D eigenvalue weighted by Gasteiger charge is -2.24. The number of nitrogens with zero attached hydrogens (tertiary/aromatic N) is 1. The van der Waals surface area contributed by atoms with E-state index in [1.54, 1.807) is 7.11 Å². The van der Waals surface area contributed by atoms with Crippen LogP contribution >= 0.6 is 0 Å². The molecule has 0 spiro atoms. The fraction of sp³-hybridized carbons (Fsp3) is 0.917. The summed E-state index contributed by atoms with van der Waals surface area (Å²) in [7, 11) is 1.63. The van der Waals surface area contributed by atoms with Crippen LogP contribution in [0.3, 0.4) is 0 Å². The number of fused-ring (bicyclic) bond motifs is 1. The molecule has 0 radical (unpaired) electrons. The number of rotatable bonds is 5. The lowest BCUT2D eigenvalue weighted by Crippen LogP contribution is -2.41. The maximum atomic E-state index is 11.9. The largest absolute Gasteiger partial charge is 0.382 e. The highest BCUT2D eigenvalue weighted by molar-refractivity contribution is 5.77. The van der Waals surface area contributed by atoms with Crippen LogP contribution in [0.1, 0.15) is 12.8 Å². The Bertz CT molecular complexity index is 246. The van der Waals surface area contributed by atoms with Crippen molar-refractivity contribution >= 4 is 5.91 Å². The summed E-state index contributed by atoms with van der Waals surface area (Å²) >= 11 is 0. The second-order valence-corrected chi connectivity index (χ2v) is 4.81. The van der Waals surface area contributed by atoms with Crippen molar-refractivity contribution in [2.45, 2.75) is 18.9 Å². The van der Waals surface area contributed by atoms with Crippen molar-refractivity contribution in [3.8, 4) is 0 Å². The first kappa shape index (κ1) is 12.8. The molecule has 2 heterocycles. The molecule has 0 bridgehead atoms.